The van der Waals surface area contributed by atoms with Crippen molar-refractivity contribution < 1.29 is 13.2 Å². The Hall–Kier alpha value is -1.13. The monoisotopic (exact) mass is 276 g/mol. The van der Waals surface area contributed by atoms with Gasteiger partial charge in [-0.3, -0.25) is 0 Å². The van der Waals surface area contributed by atoms with Gasteiger partial charge in [0.05, 0.1) is 6.42 Å². The van der Waals surface area contributed by atoms with Crippen molar-refractivity contribution >= 4 is 0 Å². The van der Waals surface area contributed by atoms with Crippen LogP contribution in [0, 0.1) is 0 Å². The van der Waals surface area contributed by atoms with E-state index in [0.717, 1.165) is 25.0 Å². The van der Waals surface area contributed by atoms with E-state index in [0.29, 0.717) is 12.1 Å². The quantitative estimate of drug-likeness (QED) is 0.788. The maximum Gasteiger partial charge on any atom is 0.394 e. The molecule has 110 valence electrons. The number of allylic oxidation sites excluding steroid dienone is 4. The molecule has 1 heterocycles. The Morgan fingerprint density at radius 2 is 1.74 bits per heavy atom. The van der Waals surface area contributed by atoms with Crippen molar-refractivity contribution in [1.82, 2.24) is 4.90 Å². The van der Waals surface area contributed by atoms with Gasteiger partial charge in [0.25, 0.3) is 0 Å². The first kappa shape index (κ1) is 15.9. The Labute approximate surface area is 113 Å². The summed E-state index contributed by atoms with van der Waals surface area (Å²) in [5, 5.41) is 0. The van der Waals surface area contributed by atoms with E-state index in [-0.39, 0.29) is 5.70 Å². The molecule has 19 heavy (non-hydrogen) atoms. The standard InChI is InChI=1S/C14H23F3N2/c1-4-13(19-10(2)5-6-11(19)3)8-7-12(18)9-14(15,16)17/h7-8,10-11H,4-6,9,18H2,1-3H3/b12-7+,13-8+. The number of nitrogens with zero attached hydrogens (tertiary/aromatic N) is 1. The van der Waals surface area contributed by atoms with Crippen LogP contribution < -0.4 is 5.73 Å². The first-order valence-electron chi connectivity index (χ1n) is 6.75. The van der Waals surface area contributed by atoms with E-state index in [1.807, 2.05) is 6.92 Å². The van der Waals surface area contributed by atoms with Crippen molar-refractivity contribution in [3.8, 4) is 0 Å². The number of rotatable bonds is 4. The second kappa shape index (κ2) is 6.35. The average molecular weight is 276 g/mol. The molecule has 2 unspecified atom stereocenters. The molecule has 1 aliphatic rings. The third-order valence-corrected chi connectivity index (χ3v) is 3.54. The summed E-state index contributed by atoms with van der Waals surface area (Å²) in [7, 11) is 0. The normalized spacial score (nSPS) is 26.1. The van der Waals surface area contributed by atoms with Gasteiger partial charge in [0.15, 0.2) is 0 Å². The van der Waals surface area contributed by atoms with Gasteiger partial charge in [-0.25, -0.2) is 0 Å². The predicted octanol–water partition coefficient (Wildman–Crippen LogP) is 3.95. The molecule has 0 aromatic heterocycles. The summed E-state index contributed by atoms with van der Waals surface area (Å²) in [6.07, 6.45) is 0.884. The van der Waals surface area contributed by atoms with Gasteiger partial charge in [-0.15, -0.1) is 0 Å². The van der Waals surface area contributed by atoms with Crippen LogP contribution in [0.3, 0.4) is 0 Å². The van der Waals surface area contributed by atoms with Gasteiger partial charge in [-0.1, -0.05) is 6.92 Å². The highest BCUT2D eigenvalue weighted by atomic mass is 19.4. The third-order valence-electron chi connectivity index (χ3n) is 3.54. The molecule has 0 bridgehead atoms. The Morgan fingerprint density at radius 1 is 1.21 bits per heavy atom. The number of halogens is 3. The molecule has 1 fully saturated rings. The summed E-state index contributed by atoms with van der Waals surface area (Å²) >= 11 is 0. The largest absolute Gasteiger partial charge is 0.402 e. The van der Waals surface area contributed by atoms with Gasteiger partial charge >= 0.3 is 6.18 Å². The maximum absolute atomic E-state index is 12.2. The lowest BCUT2D eigenvalue weighted by Gasteiger charge is -2.30. The average Bonchev–Trinajstić information content (AvgIpc) is 2.59. The summed E-state index contributed by atoms with van der Waals surface area (Å²) in [4.78, 5) is 2.29. The van der Waals surface area contributed by atoms with Gasteiger partial charge in [-0.05, 0) is 45.3 Å². The number of hydrogen-bond donors (Lipinski definition) is 1. The zero-order valence-electron chi connectivity index (χ0n) is 11.8. The summed E-state index contributed by atoms with van der Waals surface area (Å²) in [6, 6.07) is 0.886. The Bertz CT molecular complexity index is 348. The fraction of sp³-hybridized carbons (Fsp3) is 0.714. The Balaban J connectivity index is 2.79. The molecule has 0 spiro atoms. The van der Waals surface area contributed by atoms with Crippen LogP contribution in [0.15, 0.2) is 23.5 Å². The lowest BCUT2D eigenvalue weighted by atomic mass is 10.2. The zero-order valence-corrected chi connectivity index (χ0v) is 11.8. The van der Waals surface area contributed by atoms with Crippen molar-refractivity contribution in [3.63, 3.8) is 0 Å². The Kier molecular flexibility index (Phi) is 5.32. The molecule has 1 aliphatic heterocycles. The molecule has 0 amide bonds. The number of nitrogens with two attached hydrogens (primary N) is 1. The molecule has 5 heteroatoms. The summed E-state index contributed by atoms with van der Waals surface area (Å²) < 4.78 is 36.6. The van der Waals surface area contributed by atoms with Gasteiger partial charge in [-0.2, -0.15) is 13.2 Å². The van der Waals surface area contributed by atoms with Crippen LogP contribution in [0.4, 0.5) is 13.2 Å². The molecule has 0 saturated carbocycles. The van der Waals surface area contributed by atoms with Crippen LogP contribution in [0.2, 0.25) is 0 Å². The molecule has 2 N–H and O–H groups in total. The molecular formula is C14H23F3N2. The minimum absolute atomic E-state index is 0.141. The lowest BCUT2D eigenvalue weighted by molar-refractivity contribution is -0.127. The highest BCUT2D eigenvalue weighted by Gasteiger charge is 2.29. The number of likely N-dealkylation sites (tertiary alicyclic amines) is 1. The number of alkyl halides is 3. The summed E-state index contributed by atoms with van der Waals surface area (Å²) in [6.45, 7) is 6.31. The fourth-order valence-corrected chi connectivity index (χ4v) is 2.64. The van der Waals surface area contributed by atoms with Crippen molar-refractivity contribution in [2.45, 2.75) is 64.7 Å². The Morgan fingerprint density at radius 3 is 2.16 bits per heavy atom. The fourth-order valence-electron chi connectivity index (χ4n) is 2.64. The van der Waals surface area contributed by atoms with Crippen LogP contribution in [0.5, 0.6) is 0 Å². The molecule has 0 aromatic rings. The van der Waals surface area contributed by atoms with Crippen LogP contribution in [0.1, 0.15) is 46.5 Å². The van der Waals surface area contributed by atoms with Crippen LogP contribution in [-0.2, 0) is 0 Å². The molecule has 0 aromatic carbocycles. The second-order valence-electron chi connectivity index (χ2n) is 5.23. The minimum atomic E-state index is -4.24. The highest BCUT2D eigenvalue weighted by molar-refractivity contribution is 5.18. The van der Waals surface area contributed by atoms with Crippen molar-refractivity contribution in [3.05, 3.63) is 23.5 Å². The van der Waals surface area contributed by atoms with Crippen molar-refractivity contribution in [2.24, 2.45) is 5.73 Å². The van der Waals surface area contributed by atoms with Gasteiger partial charge in [0, 0.05) is 23.5 Å². The van der Waals surface area contributed by atoms with Crippen LogP contribution >= 0.6 is 0 Å². The van der Waals surface area contributed by atoms with E-state index in [9.17, 15) is 13.2 Å². The van der Waals surface area contributed by atoms with Crippen molar-refractivity contribution in [1.29, 1.82) is 0 Å². The molecular weight excluding hydrogens is 253 g/mol. The third kappa shape index (κ3) is 4.80. The zero-order chi connectivity index (χ0) is 14.6. The molecule has 2 nitrogen and oxygen atoms in total. The van der Waals surface area contributed by atoms with E-state index in [2.05, 4.69) is 18.7 Å². The highest BCUT2D eigenvalue weighted by Crippen LogP contribution is 2.29. The molecule has 0 radical (unpaired) electrons. The van der Waals surface area contributed by atoms with Gasteiger partial charge in [0.2, 0.25) is 0 Å². The summed E-state index contributed by atoms with van der Waals surface area (Å²) in [5.41, 5.74) is 6.33. The van der Waals surface area contributed by atoms with Gasteiger partial charge < -0.3 is 10.6 Å². The molecule has 2 atom stereocenters. The first-order chi connectivity index (χ1) is 8.74. The second-order valence-corrected chi connectivity index (χ2v) is 5.23. The molecule has 1 rings (SSSR count). The molecule has 1 saturated heterocycles. The van der Waals surface area contributed by atoms with Gasteiger partial charge in [0.1, 0.15) is 0 Å². The number of hydrogen-bond acceptors (Lipinski definition) is 2. The maximum atomic E-state index is 12.2. The van der Waals surface area contributed by atoms with E-state index < -0.39 is 12.6 Å². The van der Waals surface area contributed by atoms with E-state index in [1.165, 1.54) is 6.08 Å². The molecule has 0 aliphatic carbocycles. The smallest absolute Gasteiger partial charge is 0.394 e. The van der Waals surface area contributed by atoms with E-state index >= 15 is 0 Å². The van der Waals surface area contributed by atoms with Crippen molar-refractivity contribution in [2.75, 3.05) is 0 Å². The lowest BCUT2D eigenvalue weighted by Crippen LogP contribution is -2.31. The SMILES string of the molecule is CC/C(=C\C=C(\N)CC(F)(F)F)N1C(C)CCC1C. The van der Waals surface area contributed by atoms with Crippen LogP contribution in [-0.4, -0.2) is 23.2 Å². The predicted molar refractivity (Wildman–Crippen MR) is 71.3 cm³/mol. The van der Waals surface area contributed by atoms with Crippen LogP contribution in [0.25, 0.3) is 0 Å². The van der Waals surface area contributed by atoms with E-state index in [4.69, 9.17) is 5.73 Å². The summed E-state index contributed by atoms with van der Waals surface area (Å²) in [5.74, 6) is 0. The van der Waals surface area contributed by atoms with E-state index in [1.54, 1.807) is 6.08 Å². The topological polar surface area (TPSA) is 29.3 Å². The minimum Gasteiger partial charge on any atom is -0.402 e. The first-order valence-corrected chi connectivity index (χ1v) is 6.75.